The molecule has 2 aromatic rings. The summed E-state index contributed by atoms with van der Waals surface area (Å²) in [6, 6.07) is 2.38. The summed E-state index contributed by atoms with van der Waals surface area (Å²) in [7, 11) is 0. The average Bonchev–Trinajstić information content (AvgIpc) is 2.63. The molecular formula is C18H8F6O4. The highest BCUT2D eigenvalue weighted by atomic mass is 19.4. The number of carbonyl (C=O) groups excluding carboxylic acids is 4. The Kier molecular flexibility index (Phi) is 5.53. The molecule has 0 atom stereocenters. The molecule has 0 amide bonds. The van der Waals surface area contributed by atoms with E-state index in [9.17, 15) is 45.5 Å². The van der Waals surface area contributed by atoms with Gasteiger partial charge in [0.05, 0.1) is 11.1 Å². The third-order valence-corrected chi connectivity index (χ3v) is 3.90. The van der Waals surface area contributed by atoms with Crippen molar-refractivity contribution in [3.63, 3.8) is 0 Å². The van der Waals surface area contributed by atoms with Gasteiger partial charge in [-0.25, -0.2) is 0 Å². The van der Waals surface area contributed by atoms with Crippen LogP contribution in [0.15, 0.2) is 24.3 Å². The number of hydrogen-bond donors (Lipinski definition) is 0. The Hall–Kier alpha value is -3.30. The van der Waals surface area contributed by atoms with Crippen LogP contribution in [-0.2, 0) is 12.4 Å². The minimum atomic E-state index is -5.06. The number of halogens is 6. The van der Waals surface area contributed by atoms with Crippen LogP contribution < -0.4 is 0 Å². The Balaban J connectivity index is 2.92. The molecule has 0 spiro atoms. The van der Waals surface area contributed by atoms with Gasteiger partial charge in [0, 0.05) is 22.3 Å². The molecule has 28 heavy (non-hydrogen) atoms. The molecule has 146 valence electrons. The van der Waals surface area contributed by atoms with Gasteiger partial charge in [0.2, 0.25) is 0 Å². The van der Waals surface area contributed by atoms with Crippen LogP contribution >= 0.6 is 0 Å². The van der Waals surface area contributed by atoms with Crippen LogP contribution in [0.4, 0.5) is 26.3 Å². The van der Waals surface area contributed by atoms with E-state index in [0.717, 1.165) is 6.07 Å². The zero-order valence-electron chi connectivity index (χ0n) is 13.5. The lowest BCUT2D eigenvalue weighted by Crippen LogP contribution is -2.13. The molecule has 0 aliphatic heterocycles. The van der Waals surface area contributed by atoms with Gasteiger partial charge in [-0.15, -0.1) is 0 Å². The van der Waals surface area contributed by atoms with Crippen LogP contribution in [0.5, 0.6) is 0 Å². The average molecular weight is 402 g/mol. The third kappa shape index (κ3) is 3.71. The first-order chi connectivity index (χ1) is 13.0. The maximum absolute atomic E-state index is 13.2. The summed E-state index contributed by atoms with van der Waals surface area (Å²) in [4.78, 5) is 44.6. The standard InChI is InChI=1S/C18H8F6O4/c19-17(20,21)15-2-1-11(13(7-27)14(15)8-28)9-3-10(5-25)12(6-26)16(4-9)18(22,23)24/h1-8H. The van der Waals surface area contributed by atoms with Crippen LogP contribution in [-0.4, -0.2) is 25.1 Å². The maximum atomic E-state index is 13.2. The number of hydrogen-bond acceptors (Lipinski definition) is 4. The smallest absolute Gasteiger partial charge is 0.298 e. The van der Waals surface area contributed by atoms with Crippen molar-refractivity contribution in [1.29, 1.82) is 0 Å². The minimum absolute atomic E-state index is 0.0340. The van der Waals surface area contributed by atoms with E-state index < -0.39 is 56.9 Å². The highest BCUT2D eigenvalue weighted by molar-refractivity contribution is 6.00. The molecule has 2 rings (SSSR count). The summed E-state index contributed by atoms with van der Waals surface area (Å²) < 4.78 is 78.8. The summed E-state index contributed by atoms with van der Waals surface area (Å²) in [5, 5.41) is 0. The molecule has 0 bridgehead atoms. The van der Waals surface area contributed by atoms with Crippen LogP contribution in [0.1, 0.15) is 52.6 Å². The van der Waals surface area contributed by atoms with Gasteiger partial charge < -0.3 is 0 Å². The first-order valence-corrected chi connectivity index (χ1v) is 7.30. The molecule has 0 saturated carbocycles. The summed E-state index contributed by atoms with van der Waals surface area (Å²) >= 11 is 0. The van der Waals surface area contributed by atoms with Gasteiger partial charge in [-0.3, -0.25) is 19.2 Å². The Morgan fingerprint density at radius 1 is 0.607 bits per heavy atom. The van der Waals surface area contributed by atoms with Gasteiger partial charge in [0.15, 0.2) is 25.1 Å². The fourth-order valence-corrected chi connectivity index (χ4v) is 2.68. The second-order valence-electron chi connectivity index (χ2n) is 5.48. The number of benzene rings is 2. The second-order valence-corrected chi connectivity index (χ2v) is 5.48. The summed E-state index contributed by atoms with van der Waals surface area (Å²) in [6.07, 6.45) is -10.6. The van der Waals surface area contributed by atoms with E-state index in [0.29, 0.717) is 18.2 Å². The van der Waals surface area contributed by atoms with Gasteiger partial charge in [0.1, 0.15) is 0 Å². The molecule has 0 aliphatic carbocycles. The van der Waals surface area contributed by atoms with Crippen molar-refractivity contribution in [2.45, 2.75) is 12.4 Å². The Labute approximate surface area is 152 Å². The first-order valence-electron chi connectivity index (χ1n) is 7.30. The molecule has 2 aromatic carbocycles. The lowest BCUT2D eigenvalue weighted by molar-refractivity contribution is -0.138. The molecule has 10 heteroatoms. The maximum Gasteiger partial charge on any atom is 0.417 e. The first kappa shape index (κ1) is 21.0. The predicted molar refractivity (Wildman–Crippen MR) is 83.4 cm³/mol. The molecule has 0 unspecified atom stereocenters. The van der Waals surface area contributed by atoms with Crippen molar-refractivity contribution in [3.8, 4) is 11.1 Å². The van der Waals surface area contributed by atoms with Crippen molar-refractivity contribution in [1.82, 2.24) is 0 Å². The fraction of sp³-hybridized carbons (Fsp3) is 0.111. The predicted octanol–water partition coefficient (Wildman–Crippen LogP) is 4.64. The molecule has 0 heterocycles. The number of alkyl halides is 6. The second kappa shape index (κ2) is 7.37. The van der Waals surface area contributed by atoms with Crippen LogP contribution in [0.2, 0.25) is 0 Å². The molecule has 0 radical (unpaired) electrons. The zero-order valence-corrected chi connectivity index (χ0v) is 13.5. The van der Waals surface area contributed by atoms with Crippen molar-refractivity contribution in [3.05, 3.63) is 57.6 Å². The Morgan fingerprint density at radius 3 is 1.57 bits per heavy atom. The Bertz CT molecular complexity index is 974. The topological polar surface area (TPSA) is 68.3 Å². The highest BCUT2D eigenvalue weighted by Gasteiger charge is 2.37. The Morgan fingerprint density at radius 2 is 1.14 bits per heavy atom. The minimum Gasteiger partial charge on any atom is -0.298 e. The summed E-state index contributed by atoms with van der Waals surface area (Å²) in [6.45, 7) is 0. The van der Waals surface area contributed by atoms with E-state index in [-0.39, 0.29) is 25.1 Å². The van der Waals surface area contributed by atoms with E-state index in [1.165, 1.54) is 0 Å². The van der Waals surface area contributed by atoms with Crippen molar-refractivity contribution < 1.29 is 45.5 Å². The molecular weight excluding hydrogens is 394 g/mol. The molecule has 0 saturated heterocycles. The normalized spacial score (nSPS) is 11.8. The summed E-state index contributed by atoms with van der Waals surface area (Å²) in [5.74, 6) is 0. The van der Waals surface area contributed by atoms with E-state index in [1.54, 1.807) is 0 Å². The zero-order chi connectivity index (χ0) is 21.3. The van der Waals surface area contributed by atoms with Crippen LogP contribution in [0.25, 0.3) is 11.1 Å². The number of rotatable bonds is 5. The molecule has 0 aromatic heterocycles. The highest BCUT2D eigenvalue weighted by Crippen LogP contribution is 2.39. The van der Waals surface area contributed by atoms with Crippen LogP contribution in [0, 0.1) is 0 Å². The van der Waals surface area contributed by atoms with Gasteiger partial charge in [-0.2, -0.15) is 26.3 Å². The van der Waals surface area contributed by atoms with Gasteiger partial charge >= 0.3 is 12.4 Å². The number of aldehydes is 4. The van der Waals surface area contributed by atoms with Gasteiger partial charge in [-0.1, -0.05) is 6.07 Å². The quantitative estimate of drug-likeness (QED) is 0.540. The van der Waals surface area contributed by atoms with Crippen LogP contribution in [0.3, 0.4) is 0 Å². The lowest BCUT2D eigenvalue weighted by atomic mass is 9.89. The van der Waals surface area contributed by atoms with E-state index in [4.69, 9.17) is 0 Å². The summed E-state index contributed by atoms with van der Waals surface area (Å²) in [5.41, 5.74) is -7.33. The van der Waals surface area contributed by atoms with Gasteiger partial charge in [-0.05, 0) is 29.3 Å². The van der Waals surface area contributed by atoms with Gasteiger partial charge in [0.25, 0.3) is 0 Å². The van der Waals surface area contributed by atoms with E-state index >= 15 is 0 Å². The molecule has 0 fully saturated rings. The molecule has 0 N–H and O–H groups in total. The monoisotopic (exact) mass is 402 g/mol. The SMILES string of the molecule is O=Cc1cc(-c2ccc(C(F)(F)F)c(C=O)c2C=O)cc(C(F)(F)F)c1C=O. The largest absolute Gasteiger partial charge is 0.417 e. The third-order valence-electron chi connectivity index (χ3n) is 3.90. The van der Waals surface area contributed by atoms with E-state index in [1.807, 2.05) is 0 Å². The van der Waals surface area contributed by atoms with Crippen molar-refractivity contribution in [2.75, 3.05) is 0 Å². The van der Waals surface area contributed by atoms with Crippen molar-refractivity contribution >= 4 is 25.1 Å². The fourth-order valence-electron chi connectivity index (χ4n) is 2.68. The molecule has 4 nitrogen and oxygen atoms in total. The van der Waals surface area contributed by atoms with E-state index in [2.05, 4.69) is 0 Å². The van der Waals surface area contributed by atoms with Crippen molar-refractivity contribution in [2.24, 2.45) is 0 Å². The molecule has 0 aliphatic rings. The lowest BCUT2D eigenvalue weighted by Gasteiger charge is -2.17. The number of carbonyl (C=O) groups is 4.